The van der Waals surface area contributed by atoms with Crippen molar-refractivity contribution in [1.82, 2.24) is 4.72 Å². The minimum atomic E-state index is -3.70. The Morgan fingerprint density at radius 1 is 0.931 bits per heavy atom. The van der Waals surface area contributed by atoms with Gasteiger partial charge < -0.3 is 4.74 Å². The summed E-state index contributed by atoms with van der Waals surface area (Å²) in [5.41, 5.74) is 0.849. The van der Waals surface area contributed by atoms with Crippen molar-refractivity contribution in [2.24, 2.45) is 0 Å². The Morgan fingerprint density at radius 2 is 1.48 bits per heavy atom. The van der Waals surface area contributed by atoms with E-state index in [2.05, 4.69) is 9.46 Å². The number of ether oxygens (including phenoxy) is 1. The van der Waals surface area contributed by atoms with E-state index in [1.807, 2.05) is 12.1 Å². The Kier molecular flexibility index (Phi) is 9.43. The van der Waals surface area contributed by atoms with Gasteiger partial charge in [-0.3, -0.25) is 4.79 Å². The molecule has 158 valence electrons. The summed E-state index contributed by atoms with van der Waals surface area (Å²) in [7, 11) is -2.32. The minimum absolute atomic E-state index is 0.166. The standard InChI is InChI=1S/C21H25Cl2NO4S/c1-28-21(25)7-5-3-2-4-6-20(16-8-10-17(22)11-9-16)24-29(26,27)19-14-12-18(23)13-15-19/h8-15,20,24H,2-7H2,1H3. The molecule has 0 radical (unpaired) electrons. The van der Waals surface area contributed by atoms with Crippen molar-refractivity contribution in [2.45, 2.75) is 49.5 Å². The van der Waals surface area contributed by atoms with Crippen molar-refractivity contribution >= 4 is 39.2 Å². The van der Waals surface area contributed by atoms with E-state index < -0.39 is 10.0 Å². The number of halogens is 2. The molecule has 0 fully saturated rings. The molecule has 0 amide bonds. The fraction of sp³-hybridized carbons (Fsp3) is 0.381. The smallest absolute Gasteiger partial charge is 0.305 e. The van der Waals surface area contributed by atoms with E-state index in [-0.39, 0.29) is 16.9 Å². The lowest BCUT2D eigenvalue weighted by Crippen LogP contribution is -2.28. The highest BCUT2D eigenvalue weighted by molar-refractivity contribution is 7.89. The summed E-state index contributed by atoms with van der Waals surface area (Å²) < 4.78 is 33.0. The Hall–Kier alpha value is -1.60. The number of methoxy groups -OCH3 is 1. The van der Waals surface area contributed by atoms with Crippen molar-refractivity contribution in [3.8, 4) is 0 Å². The third kappa shape index (κ3) is 7.97. The van der Waals surface area contributed by atoms with Crippen LogP contribution in [-0.2, 0) is 19.6 Å². The van der Waals surface area contributed by atoms with Crippen LogP contribution >= 0.6 is 23.2 Å². The summed E-state index contributed by atoms with van der Waals surface area (Å²) in [6.45, 7) is 0. The Bertz CT molecular complexity index is 884. The molecule has 0 aliphatic heterocycles. The maximum absolute atomic E-state index is 12.8. The lowest BCUT2D eigenvalue weighted by Gasteiger charge is -2.19. The zero-order chi connectivity index (χ0) is 21.3. The molecule has 2 rings (SSSR count). The van der Waals surface area contributed by atoms with Crippen LogP contribution in [0.25, 0.3) is 0 Å². The van der Waals surface area contributed by atoms with Gasteiger partial charge >= 0.3 is 5.97 Å². The summed E-state index contributed by atoms with van der Waals surface area (Å²) in [6.07, 6.45) is 4.38. The molecule has 2 aromatic carbocycles. The van der Waals surface area contributed by atoms with Gasteiger partial charge in [0.05, 0.1) is 12.0 Å². The van der Waals surface area contributed by atoms with E-state index in [9.17, 15) is 13.2 Å². The molecule has 5 nitrogen and oxygen atoms in total. The molecule has 0 aliphatic carbocycles. The van der Waals surface area contributed by atoms with Crippen LogP contribution in [0.3, 0.4) is 0 Å². The van der Waals surface area contributed by atoms with Crippen molar-refractivity contribution in [2.75, 3.05) is 7.11 Å². The fourth-order valence-electron chi connectivity index (χ4n) is 2.93. The Morgan fingerprint density at radius 3 is 2.07 bits per heavy atom. The zero-order valence-corrected chi connectivity index (χ0v) is 18.6. The first-order valence-electron chi connectivity index (χ1n) is 9.42. The average Bonchev–Trinajstić information content (AvgIpc) is 2.70. The first kappa shape index (κ1) is 23.7. The number of unbranched alkanes of at least 4 members (excludes halogenated alkanes) is 3. The summed E-state index contributed by atoms with van der Waals surface area (Å²) in [4.78, 5) is 11.3. The van der Waals surface area contributed by atoms with Crippen LogP contribution in [0, 0.1) is 0 Å². The van der Waals surface area contributed by atoms with Crippen LogP contribution in [-0.4, -0.2) is 21.5 Å². The number of carbonyl (C=O) groups is 1. The average molecular weight is 458 g/mol. The van der Waals surface area contributed by atoms with Gasteiger partial charge in [-0.15, -0.1) is 0 Å². The van der Waals surface area contributed by atoms with Crippen LogP contribution in [0.2, 0.25) is 10.0 Å². The van der Waals surface area contributed by atoms with E-state index in [0.717, 1.165) is 31.2 Å². The molecule has 0 bridgehead atoms. The van der Waals surface area contributed by atoms with Crippen molar-refractivity contribution in [1.29, 1.82) is 0 Å². The zero-order valence-electron chi connectivity index (χ0n) is 16.2. The molecule has 1 N–H and O–H groups in total. The molecule has 2 aromatic rings. The van der Waals surface area contributed by atoms with E-state index in [0.29, 0.717) is 22.9 Å². The number of esters is 1. The van der Waals surface area contributed by atoms with Crippen LogP contribution in [0.4, 0.5) is 0 Å². The summed E-state index contributed by atoms with van der Waals surface area (Å²) in [5.74, 6) is -0.209. The quantitative estimate of drug-likeness (QED) is 0.355. The maximum atomic E-state index is 12.8. The fourth-order valence-corrected chi connectivity index (χ4v) is 4.44. The molecule has 0 saturated heterocycles. The van der Waals surface area contributed by atoms with E-state index >= 15 is 0 Å². The SMILES string of the molecule is COC(=O)CCCCCCC(NS(=O)(=O)c1ccc(Cl)cc1)c1ccc(Cl)cc1. The molecular weight excluding hydrogens is 433 g/mol. The minimum Gasteiger partial charge on any atom is -0.469 e. The topological polar surface area (TPSA) is 72.5 Å². The van der Waals surface area contributed by atoms with Gasteiger partial charge in [0.2, 0.25) is 10.0 Å². The summed E-state index contributed by atoms with van der Waals surface area (Å²) in [6, 6.07) is 12.8. The second-order valence-corrected chi connectivity index (χ2v) is 9.30. The molecule has 0 aromatic heterocycles. The highest BCUT2D eigenvalue weighted by atomic mass is 35.5. The second kappa shape index (κ2) is 11.6. The Labute approximate surface area is 182 Å². The van der Waals surface area contributed by atoms with Gasteiger partial charge in [-0.2, -0.15) is 0 Å². The molecule has 0 aliphatic rings. The van der Waals surface area contributed by atoms with E-state index in [1.54, 1.807) is 24.3 Å². The van der Waals surface area contributed by atoms with Gasteiger partial charge in [-0.05, 0) is 54.8 Å². The van der Waals surface area contributed by atoms with Crippen LogP contribution in [0.5, 0.6) is 0 Å². The molecule has 0 saturated carbocycles. The third-order valence-corrected chi connectivity index (χ3v) is 6.54. The van der Waals surface area contributed by atoms with E-state index in [4.69, 9.17) is 23.2 Å². The molecular formula is C21H25Cl2NO4S. The van der Waals surface area contributed by atoms with Gasteiger partial charge in [0.1, 0.15) is 0 Å². The van der Waals surface area contributed by atoms with Gasteiger partial charge in [0, 0.05) is 22.5 Å². The molecule has 1 atom stereocenters. The highest BCUT2D eigenvalue weighted by Gasteiger charge is 2.21. The van der Waals surface area contributed by atoms with Crippen LogP contribution < -0.4 is 4.72 Å². The lowest BCUT2D eigenvalue weighted by molar-refractivity contribution is -0.140. The number of benzene rings is 2. The van der Waals surface area contributed by atoms with Crippen molar-refractivity contribution < 1.29 is 17.9 Å². The highest BCUT2D eigenvalue weighted by Crippen LogP contribution is 2.25. The largest absolute Gasteiger partial charge is 0.469 e. The number of rotatable bonds is 11. The van der Waals surface area contributed by atoms with Crippen LogP contribution in [0.1, 0.15) is 50.1 Å². The Balaban J connectivity index is 2.02. The molecule has 0 heterocycles. The normalized spacial score (nSPS) is 12.5. The van der Waals surface area contributed by atoms with Gasteiger partial charge in [-0.1, -0.05) is 54.6 Å². The summed E-state index contributed by atoms with van der Waals surface area (Å²) >= 11 is 11.8. The number of carbonyl (C=O) groups excluding carboxylic acids is 1. The predicted octanol–water partition coefficient (Wildman–Crippen LogP) is 5.53. The van der Waals surface area contributed by atoms with Crippen molar-refractivity contribution in [3.63, 3.8) is 0 Å². The summed E-state index contributed by atoms with van der Waals surface area (Å²) in [5, 5.41) is 1.07. The van der Waals surface area contributed by atoms with E-state index in [1.165, 1.54) is 19.2 Å². The molecule has 1 unspecified atom stereocenters. The number of hydrogen-bond donors (Lipinski definition) is 1. The predicted molar refractivity (Wildman–Crippen MR) is 116 cm³/mol. The van der Waals surface area contributed by atoms with Crippen molar-refractivity contribution in [3.05, 3.63) is 64.1 Å². The lowest BCUT2D eigenvalue weighted by atomic mass is 10.0. The van der Waals surface area contributed by atoms with Crippen LogP contribution in [0.15, 0.2) is 53.4 Å². The maximum Gasteiger partial charge on any atom is 0.305 e. The molecule has 8 heteroatoms. The first-order valence-corrected chi connectivity index (χ1v) is 11.7. The monoisotopic (exact) mass is 457 g/mol. The van der Waals surface area contributed by atoms with Gasteiger partial charge in [-0.25, -0.2) is 13.1 Å². The van der Waals surface area contributed by atoms with Gasteiger partial charge in [0.15, 0.2) is 0 Å². The molecule has 0 spiro atoms. The second-order valence-electron chi connectivity index (χ2n) is 6.71. The molecule has 29 heavy (non-hydrogen) atoms. The first-order chi connectivity index (χ1) is 13.8. The number of nitrogens with one attached hydrogen (secondary N) is 1. The number of hydrogen-bond acceptors (Lipinski definition) is 4. The van der Waals surface area contributed by atoms with Gasteiger partial charge in [0.25, 0.3) is 0 Å². The third-order valence-electron chi connectivity index (χ3n) is 4.55. The number of sulfonamides is 1.